The van der Waals surface area contributed by atoms with Crippen molar-refractivity contribution in [1.29, 1.82) is 0 Å². The Hall–Kier alpha value is -0.223. The molecule has 0 saturated heterocycles. The van der Waals surface area contributed by atoms with E-state index in [0.29, 0.717) is 0 Å². The Morgan fingerprint density at radius 1 is 1.25 bits per heavy atom. The van der Waals surface area contributed by atoms with E-state index in [9.17, 15) is 0 Å². The highest BCUT2D eigenvalue weighted by Gasteiger charge is 1.22. The molecular weight excluding hydrogens is 76.1 g/mol. The van der Waals surface area contributed by atoms with Gasteiger partial charge in [0, 0.05) is 0 Å². The second-order valence-corrected chi connectivity index (χ2v) is 0.250. The van der Waals surface area contributed by atoms with Gasteiger partial charge in [0.05, 0.1) is 0 Å². The van der Waals surface area contributed by atoms with Crippen molar-refractivity contribution in [3.63, 3.8) is 0 Å². The number of rotatable bonds is 0. The summed E-state index contributed by atoms with van der Waals surface area (Å²) < 4.78 is 16.8. The van der Waals surface area contributed by atoms with Gasteiger partial charge in [-0.3, -0.25) is 14.4 Å². The minimum Gasteiger partial charge on any atom is -0.274 e. The lowest BCUT2D eigenvalue weighted by Gasteiger charge is -0.944. The Bertz CT molecular complexity index is 24.3. The molecule has 0 unspecified atom stereocenters. The van der Waals surface area contributed by atoms with Gasteiger partial charge in [-0.25, -0.2) is 0 Å². The van der Waals surface area contributed by atoms with Gasteiger partial charge in [0.15, 0.2) is 0 Å². The average molecular weight is 77.1 g/mol. The lowest BCUT2D eigenvalue weighted by atomic mass is 15.9. The van der Waals surface area contributed by atoms with Gasteiger partial charge >= 0.3 is 9.29 Å². The second-order valence-electron chi connectivity index (χ2n) is 0.0833. The first-order chi connectivity index (χ1) is 1.41. The van der Waals surface area contributed by atoms with Crippen LogP contribution in [0.1, 0.15) is 0 Å². The van der Waals surface area contributed by atoms with Crippen LogP contribution in [0.4, 0.5) is 0 Å². The SMILES string of the molecule is O=[Si]=O.[OH]. The molecule has 0 saturated carbocycles. The summed E-state index contributed by atoms with van der Waals surface area (Å²) in [4.78, 5) is 0. The maximum absolute atomic E-state index is 8.40. The normalized spacial score (nSPS) is 2.00. The fourth-order valence-electron chi connectivity index (χ4n) is 0. The molecule has 4 heteroatoms. The van der Waals surface area contributed by atoms with Crippen LogP contribution in [0.2, 0.25) is 0 Å². The zero-order chi connectivity index (χ0) is 2.71. The van der Waals surface area contributed by atoms with Crippen LogP contribution in [-0.4, -0.2) is 14.8 Å². The summed E-state index contributed by atoms with van der Waals surface area (Å²) in [6, 6.07) is 0. The van der Waals surface area contributed by atoms with Crippen molar-refractivity contribution in [3.8, 4) is 0 Å². The molecule has 3 nitrogen and oxygen atoms in total. The molecule has 4 heavy (non-hydrogen) atoms. The zero-order valence-corrected chi connectivity index (χ0v) is 2.76. The minimum atomic E-state index is -1.42. The fraction of sp³-hybridized carbons (Fsp3) is 0. The third-order valence-electron chi connectivity index (χ3n) is 0. The van der Waals surface area contributed by atoms with Crippen molar-refractivity contribution in [1.82, 2.24) is 0 Å². The van der Waals surface area contributed by atoms with E-state index in [-0.39, 0.29) is 5.48 Å². The lowest BCUT2D eigenvalue weighted by Crippen LogP contribution is -1.26. The summed E-state index contributed by atoms with van der Waals surface area (Å²) in [5, 5.41) is 0. The Morgan fingerprint density at radius 3 is 1.25 bits per heavy atom. The van der Waals surface area contributed by atoms with E-state index < -0.39 is 9.29 Å². The molecule has 0 fully saturated rings. The highest BCUT2D eigenvalue weighted by Crippen LogP contribution is 0.759. The second kappa shape index (κ2) is 14.5. The predicted octanol–water partition coefficient (Wildman–Crippen LogP) is -0.795. The van der Waals surface area contributed by atoms with Crippen molar-refractivity contribution in [3.05, 3.63) is 0 Å². The number of hydrogen-bond donors (Lipinski definition) is 1. The van der Waals surface area contributed by atoms with Gasteiger partial charge in [-0.15, -0.1) is 0 Å². The summed E-state index contributed by atoms with van der Waals surface area (Å²) in [6.07, 6.45) is 0. The van der Waals surface area contributed by atoms with E-state index in [1.807, 2.05) is 0 Å². The van der Waals surface area contributed by atoms with Crippen LogP contribution in [0.25, 0.3) is 0 Å². The van der Waals surface area contributed by atoms with E-state index in [2.05, 4.69) is 0 Å². The molecule has 0 aliphatic carbocycles. The molecule has 23 valence electrons. The molecule has 0 aromatic carbocycles. The Labute approximate surface area is 24.9 Å². The maximum atomic E-state index is 8.40. The molecule has 0 spiro atoms. The van der Waals surface area contributed by atoms with E-state index in [4.69, 9.17) is 8.92 Å². The summed E-state index contributed by atoms with van der Waals surface area (Å²) in [5.41, 5.74) is 0. The van der Waals surface area contributed by atoms with E-state index >= 15 is 0 Å². The van der Waals surface area contributed by atoms with Crippen LogP contribution in [-0.2, 0) is 8.92 Å². The summed E-state index contributed by atoms with van der Waals surface area (Å²) >= 11 is 0. The summed E-state index contributed by atoms with van der Waals surface area (Å²) in [7, 11) is -1.42. The monoisotopic (exact) mass is 77.0 g/mol. The van der Waals surface area contributed by atoms with Crippen molar-refractivity contribution in [2.45, 2.75) is 0 Å². The van der Waals surface area contributed by atoms with Crippen LogP contribution in [0.15, 0.2) is 0 Å². The predicted molar refractivity (Wildman–Crippen MR) is 9.06 cm³/mol. The van der Waals surface area contributed by atoms with Gasteiger partial charge in [-0.1, -0.05) is 0 Å². The summed E-state index contributed by atoms with van der Waals surface area (Å²) in [5.74, 6) is 0. The van der Waals surface area contributed by atoms with Crippen LogP contribution in [0, 0.1) is 0 Å². The van der Waals surface area contributed by atoms with Gasteiger partial charge in [0.25, 0.3) is 0 Å². The lowest BCUT2D eigenvalue weighted by molar-refractivity contribution is 0.497. The smallest absolute Gasteiger partial charge is 0.274 e. The molecule has 0 amide bonds. The van der Waals surface area contributed by atoms with Crippen LogP contribution < -0.4 is 0 Å². The third-order valence-corrected chi connectivity index (χ3v) is 0. The van der Waals surface area contributed by atoms with E-state index in [1.54, 1.807) is 0 Å². The molecule has 0 heterocycles. The molecule has 0 bridgehead atoms. The first-order valence-electron chi connectivity index (χ1n) is 0.408. The Morgan fingerprint density at radius 2 is 1.25 bits per heavy atom. The fourth-order valence-corrected chi connectivity index (χ4v) is 0. The molecule has 0 aliphatic heterocycles. The van der Waals surface area contributed by atoms with Crippen LogP contribution in [0.3, 0.4) is 0 Å². The van der Waals surface area contributed by atoms with Crippen molar-refractivity contribution in [2.24, 2.45) is 0 Å². The van der Waals surface area contributed by atoms with Crippen LogP contribution in [0.5, 0.6) is 0 Å². The molecule has 1 N–H and O–H groups in total. The van der Waals surface area contributed by atoms with Crippen molar-refractivity contribution in [2.75, 3.05) is 0 Å². The first-order valence-corrected chi connectivity index (χ1v) is 1.22. The van der Waals surface area contributed by atoms with Gasteiger partial charge < -0.3 is 0 Å². The number of hydrogen-bond acceptors (Lipinski definition) is 2. The molecule has 0 aromatic heterocycles. The Kier molecular flexibility index (Phi) is 33.5. The largest absolute Gasteiger partial charge is 0.549 e. The van der Waals surface area contributed by atoms with E-state index in [0.717, 1.165) is 0 Å². The molecule has 0 aliphatic rings. The van der Waals surface area contributed by atoms with Crippen molar-refractivity contribution >= 4 is 9.29 Å². The van der Waals surface area contributed by atoms with E-state index in [1.165, 1.54) is 0 Å². The molecular formula is HO3Si. The average Bonchev–Trinajstić information content (AvgIpc) is 0.918. The van der Waals surface area contributed by atoms with Crippen LogP contribution >= 0.6 is 0 Å². The molecule has 1 radical (unpaired) electrons. The zero-order valence-electron chi connectivity index (χ0n) is 1.76. The minimum absolute atomic E-state index is 0. The highest BCUT2D eigenvalue weighted by molar-refractivity contribution is 5.94. The molecule has 0 atom stereocenters. The maximum Gasteiger partial charge on any atom is 0.549 e. The molecule has 0 aromatic rings. The Balaban J connectivity index is 0. The topological polar surface area (TPSA) is 64.1 Å². The third kappa shape index (κ3) is 21.5. The first kappa shape index (κ1) is 9.22. The van der Waals surface area contributed by atoms with Gasteiger partial charge in [0.2, 0.25) is 0 Å². The summed E-state index contributed by atoms with van der Waals surface area (Å²) in [6.45, 7) is 0. The molecule has 0 rings (SSSR count). The van der Waals surface area contributed by atoms with Gasteiger partial charge in [0.1, 0.15) is 0 Å². The standard InChI is InChI=1S/O2Si.HO/c1-3-2;/h;1H. The quantitative estimate of drug-likeness (QED) is 0.385. The highest BCUT2D eigenvalue weighted by atomic mass is 28.2. The van der Waals surface area contributed by atoms with Gasteiger partial charge in [-0.05, 0) is 0 Å². The van der Waals surface area contributed by atoms with Gasteiger partial charge in [-0.2, -0.15) is 0 Å². The van der Waals surface area contributed by atoms with Crippen molar-refractivity contribution < 1.29 is 14.4 Å².